The molecule has 1 rings (SSSR count). The van der Waals surface area contributed by atoms with Crippen molar-refractivity contribution >= 4 is 66.1 Å². The summed E-state index contributed by atoms with van der Waals surface area (Å²) in [4.78, 5) is 0. The smallest absolute Gasteiger partial charge is 0.0589 e. The lowest BCUT2D eigenvalue weighted by Gasteiger charge is -2.02. The number of alkyl halides is 1. The van der Waals surface area contributed by atoms with Crippen molar-refractivity contribution in [2.24, 2.45) is 0 Å². The zero-order valence-corrected chi connectivity index (χ0v) is 11.5. The molecular formula is C7H4Br2ClI. The molecule has 0 fully saturated rings. The van der Waals surface area contributed by atoms with Crippen LogP contribution >= 0.6 is 66.1 Å². The zero-order chi connectivity index (χ0) is 8.43. The number of benzene rings is 1. The zero-order valence-electron chi connectivity index (χ0n) is 5.37. The Balaban J connectivity index is 3.24. The molecule has 1 aromatic rings. The van der Waals surface area contributed by atoms with Gasteiger partial charge in [0.1, 0.15) is 0 Å². The highest BCUT2D eigenvalue weighted by Gasteiger charge is 2.04. The molecule has 60 valence electrons. The minimum Gasteiger partial charge on any atom is -0.0876 e. The Morgan fingerprint density at radius 2 is 2.09 bits per heavy atom. The second-order valence-corrected chi connectivity index (χ2v) is 5.03. The molecule has 0 nitrogen and oxygen atoms in total. The van der Waals surface area contributed by atoms with Crippen LogP contribution in [0.5, 0.6) is 0 Å². The molecule has 0 radical (unpaired) electrons. The predicted molar refractivity (Wildman–Crippen MR) is 64.5 cm³/mol. The first-order chi connectivity index (χ1) is 5.15. The molecule has 1 aromatic carbocycles. The van der Waals surface area contributed by atoms with Gasteiger partial charge in [-0.2, -0.15) is 0 Å². The van der Waals surface area contributed by atoms with Gasteiger partial charge in [-0.15, -0.1) is 0 Å². The third-order valence-corrected chi connectivity index (χ3v) is 3.74. The van der Waals surface area contributed by atoms with Crippen molar-refractivity contribution in [2.75, 3.05) is 0 Å². The van der Waals surface area contributed by atoms with Gasteiger partial charge in [-0.05, 0) is 56.2 Å². The van der Waals surface area contributed by atoms with Gasteiger partial charge in [0.25, 0.3) is 0 Å². The normalized spacial score (nSPS) is 10.2. The number of hydrogen-bond acceptors (Lipinski definition) is 0. The van der Waals surface area contributed by atoms with E-state index in [1.165, 1.54) is 3.57 Å². The Hall–Kier alpha value is 1.20. The van der Waals surface area contributed by atoms with E-state index in [4.69, 9.17) is 11.6 Å². The summed E-state index contributed by atoms with van der Waals surface area (Å²) >= 11 is 15.0. The minimum absolute atomic E-state index is 0.793. The van der Waals surface area contributed by atoms with Gasteiger partial charge in [0.05, 0.1) is 5.02 Å². The average molecular weight is 410 g/mol. The van der Waals surface area contributed by atoms with Crippen LogP contribution < -0.4 is 0 Å². The van der Waals surface area contributed by atoms with Crippen LogP contribution in [0.3, 0.4) is 0 Å². The Kier molecular flexibility index (Phi) is 4.15. The third-order valence-electron chi connectivity index (χ3n) is 1.21. The summed E-state index contributed by atoms with van der Waals surface area (Å²) in [6, 6.07) is 4.05. The number of hydrogen-bond donors (Lipinski definition) is 0. The van der Waals surface area contributed by atoms with Crippen LogP contribution in [0.2, 0.25) is 5.02 Å². The van der Waals surface area contributed by atoms with Crippen LogP contribution in [-0.2, 0) is 5.33 Å². The third kappa shape index (κ3) is 2.57. The first kappa shape index (κ1) is 10.3. The van der Waals surface area contributed by atoms with Gasteiger partial charge in [-0.3, -0.25) is 0 Å². The summed E-state index contributed by atoms with van der Waals surface area (Å²) in [6.07, 6.45) is 0. The number of rotatable bonds is 1. The van der Waals surface area contributed by atoms with E-state index in [0.29, 0.717) is 0 Å². The Morgan fingerprint density at radius 3 is 2.64 bits per heavy atom. The molecule has 4 heteroatoms. The highest BCUT2D eigenvalue weighted by molar-refractivity contribution is 14.1. The molecule has 0 spiro atoms. The lowest BCUT2D eigenvalue weighted by atomic mass is 10.2. The summed E-state index contributed by atoms with van der Waals surface area (Å²) in [5.74, 6) is 0. The molecule has 0 aliphatic carbocycles. The van der Waals surface area contributed by atoms with E-state index >= 15 is 0 Å². The van der Waals surface area contributed by atoms with Gasteiger partial charge in [0.15, 0.2) is 0 Å². The molecule has 0 heterocycles. The second-order valence-electron chi connectivity index (χ2n) is 1.99. The van der Waals surface area contributed by atoms with Gasteiger partial charge in [-0.1, -0.05) is 27.5 Å². The van der Waals surface area contributed by atoms with Gasteiger partial charge < -0.3 is 0 Å². The van der Waals surface area contributed by atoms with Crippen LogP contribution in [0.4, 0.5) is 0 Å². The topological polar surface area (TPSA) is 0 Å². The van der Waals surface area contributed by atoms with Crippen molar-refractivity contribution in [1.82, 2.24) is 0 Å². The van der Waals surface area contributed by atoms with Crippen LogP contribution in [0.25, 0.3) is 0 Å². The van der Waals surface area contributed by atoms with E-state index in [1.54, 1.807) is 0 Å². The van der Waals surface area contributed by atoms with Crippen LogP contribution in [0.15, 0.2) is 16.6 Å². The number of halogens is 4. The summed E-state index contributed by atoms with van der Waals surface area (Å²) in [7, 11) is 0. The molecule has 11 heavy (non-hydrogen) atoms. The quantitative estimate of drug-likeness (QED) is 0.361. The molecule has 0 saturated heterocycles. The van der Waals surface area contributed by atoms with Gasteiger partial charge in [0, 0.05) is 13.4 Å². The van der Waals surface area contributed by atoms with Crippen LogP contribution in [0, 0.1) is 3.57 Å². The highest BCUT2D eigenvalue weighted by Crippen LogP contribution is 2.29. The van der Waals surface area contributed by atoms with E-state index in [2.05, 4.69) is 60.5 Å². The SMILES string of the molecule is Clc1c(Br)cc(I)cc1CBr. The molecule has 0 amide bonds. The fourth-order valence-electron chi connectivity index (χ4n) is 0.707. The maximum atomic E-state index is 5.99. The second kappa shape index (κ2) is 4.44. The van der Waals surface area contributed by atoms with E-state index in [-0.39, 0.29) is 0 Å². The van der Waals surface area contributed by atoms with Crippen molar-refractivity contribution in [3.63, 3.8) is 0 Å². The predicted octanol–water partition coefficient (Wildman–Crippen LogP) is 4.60. The minimum atomic E-state index is 0.793. The summed E-state index contributed by atoms with van der Waals surface area (Å²) in [6.45, 7) is 0. The summed E-state index contributed by atoms with van der Waals surface area (Å²) in [5, 5.41) is 1.59. The van der Waals surface area contributed by atoms with Crippen molar-refractivity contribution in [2.45, 2.75) is 5.33 Å². The Labute approximate surface area is 101 Å². The monoisotopic (exact) mass is 408 g/mol. The van der Waals surface area contributed by atoms with E-state index in [9.17, 15) is 0 Å². The van der Waals surface area contributed by atoms with Crippen molar-refractivity contribution < 1.29 is 0 Å². The lowest BCUT2D eigenvalue weighted by molar-refractivity contribution is 1.40. The van der Waals surface area contributed by atoms with E-state index in [1.807, 2.05) is 6.07 Å². The summed E-state index contributed by atoms with van der Waals surface area (Å²) < 4.78 is 2.15. The van der Waals surface area contributed by atoms with Crippen molar-refractivity contribution in [1.29, 1.82) is 0 Å². The van der Waals surface area contributed by atoms with Gasteiger partial charge in [0.2, 0.25) is 0 Å². The Bertz CT molecular complexity index is 275. The molecule has 0 saturated carbocycles. The molecule has 0 aliphatic rings. The molecular weight excluding hydrogens is 406 g/mol. The van der Waals surface area contributed by atoms with E-state index in [0.717, 1.165) is 20.4 Å². The molecule has 0 unspecified atom stereocenters. The van der Waals surface area contributed by atoms with Crippen LogP contribution in [-0.4, -0.2) is 0 Å². The fourth-order valence-corrected chi connectivity index (χ4v) is 3.10. The fraction of sp³-hybridized carbons (Fsp3) is 0.143. The first-order valence-electron chi connectivity index (χ1n) is 2.84. The molecule has 0 bridgehead atoms. The average Bonchev–Trinajstić information content (AvgIpc) is 1.96. The van der Waals surface area contributed by atoms with Crippen LogP contribution in [0.1, 0.15) is 5.56 Å². The van der Waals surface area contributed by atoms with Crippen molar-refractivity contribution in [3.8, 4) is 0 Å². The molecule has 0 aliphatic heterocycles. The molecule has 0 N–H and O–H groups in total. The van der Waals surface area contributed by atoms with Crippen molar-refractivity contribution in [3.05, 3.63) is 30.8 Å². The maximum Gasteiger partial charge on any atom is 0.0589 e. The standard InChI is InChI=1S/C7H4Br2ClI/c8-3-4-1-5(11)2-6(9)7(4)10/h1-2H,3H2. The molecule has 0 aromatic heterocycles. The lowest BCUT2D eigenvalue weighted by Crippen LogP contribution is -1.83. The van der Waals surface area contributed by atoms with Gasteiger partial charge >= 0.3 is 0 Å². The highest BCUT2D eigenvalue weighted by atomic mass is 127. The first-order valence-corrected chi connectivity index (χ1v) is 6.21. The molecule has 0 atom stereocenters. The maximum absolute atomic E-state index is 5.99. The van der Waals surface area contributed by atoms with Gasteiger partial charge in [-0.25, -0.2) is 0 Å². The van der Waals surface area contributed by atoms with E-state index < -0.39 is 0 Å². The summed E-state index contributed by atoms with van der Waals surface area (Å²) in [5.41, 5.74) is 1.12. The largest absolute Gasteiger partial charge is 0.0876 e. The Morgan fingerprint density at radius 1 is 1.45 bits per heavy atom.